The quantitative estimate of drug-likeness (QED) is 0.802. The van der Waals surface area contributed by atoms with E-state index in [0.717, 1.165) is 43.3 Å². The van der Waals surface area contributed by atoms with Crippen LogP contribution < -0.4 is 5.32 Å². The highest BCUT2D eigenvalue weighted by Crippen LogP contribution is 2.31. The molecule has 1 fully saturated rings. The molecule has 2 aromatic rings. The van der Waals surface area contributed by atoms with Crippen molar-refractivity contribution in [3.63, 3.8) is 0 Å². The number of aromatic nitrogens is 2. The van der Waals surface area contributed by atoms with Crippen LogP contribution in [0.1, 0.15) is 32.6 Å². The summed E-state index contributed by atoms with van der Waals surface area (Å²) in [5.41, 5.74) is 1.80. The van der Waals surface area contributed by atoms with Crippen LogP contribution in [0.15, 0.2) is 24.3 Å². The number of imidazole rings is 1. The van der Waals surface area contributed by atoms with Crippen LogP contribution in [0.5, 0.6) is 0 Å². The molecule has 3 rings (SSSR count). The molecule has 1 saturated carbocycles. The van der Waals surface area contributed by atoms with E-state index < -0.39 is 0 Å². The molecule has 112 valence electrons. The average Bonchev–Trinajstić information content (AvgIpc) is 2.83. The highest BCUT2D eigenvalue weighted by Gasteiger charge is 2.35. The third-order valence-corrected chi connectivity index (χ3v) is 3.95. The Bertz CT molecular complexity index is 584. The summed E-state index contributed by atoms with van der Waals surface area (Å²) < 4.78 is 5.69. The fraction of sp³-hybridized carbons (Fsp3) is 0.500. The minimum Gasteiger partial charge on any atom is -0.378 e. The van der Waals surface area contributed by atoms with Crippen molar-refractivity contribution in [3.05, 3.63) is 24.3 Å². The molecule has 1 aliphatic rings. The van der Waals surface area contributed by atoms with Gasteiger partial charge in [0.2, 0.25) is 11.9 Å². The minimum absolute atomic E-state index is 0.0318. The van der Waals surface area contributed by atoms with Crippen molar-refractivity contribution in [2.24, 2.45) is 5.92 Å². The van der Waals surface area contributed by atoms with Gasteiger partial charge in [-0.1, -0.05) is 25.5 Å². The first-order valence-electron chi connectivity index (χ1n) is 7.63. The number of nitrogens with one attached hydrogen (secondary N) is 2. The first-order valence-corrected chi connectivity index (χ1v) is 7.63. The van der Waals surface area contributed by atoms with E-state index in [1.54, 1.807) is 0 Å². The van der Waals surface area contributed by atoms with Crippen molar-refractivity contribution >= 4 is 22.9 Å². The SMILES string of the molecule is CCCCOC1CC(C(=O)Nc2nc3ccccc3[nH]2)C1. The second kappa shape index (κ2) is 6.26. The number of hydrogen-bond acceptors (Lipinski definition) is 3. The zero-order chi connectivity index (χ0) is 14.7. The lowest BCUT2D eigenvalue weighted by Gasteiger charge is -2.33. The van der Waals surface area contributed by atoms with Crippen molar-refractivity contribution in [3.8, 4) is 0 Å². The molecule has 1 heterocycles. The molecule has 0 radical (unpaired) electrons. The highest BCUT2D eigenvalue weighted by molar-refractivity contribution is 5.93. The Morgan fingerprint density at radius 3 is 3.00 bits per heavy atom. The molecule has 0 aliphatic heterocycles. The van der Waals surface area contributed by atoms with Gasteiger partial charge >= 0.3 is 0 Å². The summed E-state index contributed by atoms with van der Waals surface area (Å²) in [6.07, 6.45) is 4.11. The maximum absolute atomic E-state index is 12.1. The second-order valence-electron chi connectivity index (χ2n) is 5.61. The van der Waals surface area contributed by atoms with Crippen molar-refractivity contribution < 1.29 is 9.53 Å². The van der Waals surface area contributed by atoms with Crippen molar-refractivity contribution in [1.29, 1.82) is 0 Å². The summed E-state index contributed by atoms with van der Waals surface area (Å²) in [5, 5.41) is 2.86. The molecule has 5 heteroatoms. The normalized spacial score (nSPS) is 21.2. The molecule has 0 spiro atoms. The molecule has 1 aromatic heterocycles. The Balaban J connectivity index is 1.49. The van der Waals surface area contributed by atoms with E-state index in [-0.39, 0.29) is 17.9 Å². The minimum atomic E-state index is 0.0318. The van der Waals surface area contributed by atoms with E-state index in [1.165, 1.54) is 0 Å². The molecular weight excluding hydrogens is 266 g/mol. The van der Waals surface area contributed by atoms with Gasteiger partial charge in [-0.2, -0.15) is 0 Å². The van der Waals surface area contributed by atoms with E-state index in [4.69, 9.17) is 4.74 Å². The maximum atomic E-state index is 12.1. The number of benzene rings is 1. The highest BCUT2D eigenvalue weighted by atomic mass is 16.5. The molecular formula is C16H21N3O2. The van der Waals surface area contributed by atoms with Gasteiger partial charge in [-0.3, -0.25) is 10.1 Å². The van der Waals surface area contributed by atoms with Gasteiger partial charge in [-0.15, -0.1) is 0 Å². The number of ether oxygens (including phenoxy) is 1. The molecule has 1 amide bonds. The first kappa shape index (κ1) is 14.1. The number of rotatable bonds is 6. The number of H-pyrrole nitrogens is 1. The van der Waals surface area contributed by atoms with E-state index in [0.29, 0.717) is 5.95 Å². The van der Waals surface area contributed by atoms with Crippen LogP contribution in [0.25, 0.3) is 11.0 Å². The number of anilines is 1. The average molecular weight is 287 g/mol. The summed E-state index contributed by atoms with van der Waals surface area (Å²) in [6.45, 7) is 2.95. The Morgan fingerprint density at radius 1 is 1.43 bits per heavy atom. The fourth-order valence-electron chi connectivity index (χ4n) is 2.54. The van der Waals surface area contributed by atoms with Crippen molar-refractivity contribution in [1.82, 2.24) is 9.97 Å². The van der Waals surface area contributed by atoms with Gasteiger partial charge in [0.05, 0.1) is 17.1 Å². The van der Waals surface area contributed by atoms with Crippen LogP contribution in [-0.4, -0.2) is 28.6 Å². The van der Waals surface area contributed by atoms with Crippen LogP contribution >= 0.6 is 0 Å². The fourth-order valence-corrected chi connectivity index (χ4v) is 2.54. The van der Waals surface area contributed by atoms with E-state index in [2.05, 4.69) is 22.2 Å². The predicted molar refractivity (Wildman–Crippen MR) is 82.1 cm³/mol. The number of carbonyl (C=O) groups excluding carboxylic acids is 1. The smallest absolute Gasteiger partial charge is 0.229 e. The monoisotopic (exact) mass is 287 g/mol. The van der Waals surface area contributed by atoms with E-state index in [9.17, 15) is 4.79 Å². The molecule has 1 aromatic carbocycles. The number of carbonyl (C=O) groups is 1. The van der Waals surface area contributed by atoms with Crippen LogP contribution in [0.2, 0.25) is 0 Å². The predicted octanol–water partition coefficient (Wildman–Crippen LogP) is 3.10. The number of aromatic amines is 1. The van der Waals surface area contributed by atoms with Gasteiger partial charge < -0.3 is 9.72 Å². The number of nitrogens with zero attached hydrogens (tertiary/aromatic N) is 1. The second-order valence-corrected chi connectivity index (χ2v) is 5.61. The van der Waals surface area contributed by atoms with Crippen LogP contribution in [-0.2, 0) is 9.53 Å². The lowest BCUT2D eigenvalue weighted by molar-refractivity contribution is -0.128. The molecule has 1 aliphatic carbocycles. The number of para-hydroxylation sites is 2. The molecule has 21 heavy (non-hydrogen) atoms. The molecule has 0 bridgehead atoms. The Hall–Kier alpha value is -1.88. The maximum Gasteiger partial charge on any atom is 0.229 e. The topological polar surface area (TPSA) is 67.0 Å². The zero-order valence-corrected chi connectivity index (χ0v) is 12.3. The summed E-state index contributed by atoms with van der Waals surface area (Å²) in [7, 11) is 0. The van der Waals surface area contributed by atoms with Crippen LogP contribution in [0.3, 0.4) is 0 Å². The Labute approximate surface area is 124 Å². The summed E-state index contributed by atoms with van der Waals surface area (Å²) in [6, 6.07) is 7.73. The Kier molecular flexibility index (Phi) is 4.20. The summed E-state index contributed by atoms with van der Waals surface area (Å²) in [5.74, 6) is 0.603. The van der Waals surface area contributed by atoms with Gasteiger partial charge in [0.1, 0.15) is 0 Å². The number of fused-ring (bicyclic) bond motifs is 1. The molecule has 2 N–H and O–H groups in total. The van der Waals surface area contributed by atoms with Crippen molar-refractivity contribution in [2.75, 3.05) is 11.9 Å². The van der Waals surface area contributed by atoms with E-state index >= 15 is 0 Å². The van der Waals surface area contributed by atoms with Gasteiger partial charge in [-0.05, 0) is 31.4 Å². The summed E-state index contributed by atoms with van der Waals surface area (Å²) >= 11 is 0. The molecule has 0 unspecified atom stereocenters. The molecule has 5 nitrogen and oxygen atoms in total. The van der Waals surface area contributed by atoms with Gasteiger partial charge in [0.25, 0.3) is 0 Å². The zero-order valence-electron chi connectivity index (χ0n) is 12.3. The largest absolute Gasteiger partial charge is 0.378 e. The lowest BCUT2D eigenvalue weighted by Crippen LogP contribution is -2.39. The Morgan fingerprint density at radius 2 is 2.24 bits per heavy atom. The van der Waals surface area contributed by atoms with Gasteiger partial charge in [-0.25, -0.2) is 4.98 Å². The van der Waals surface area contributed by atoms with Crippen molar-refractivity contribution in [2.45, 2.75) is 38.7 Å². The summed E-state index contributed by atoms with van der Waals surface area (Å²) in [4.78, 5) is 19.6. The first-order chi connectivity index (χ1) is 10.3. The standard InChI is InChI=1S/C16H21N3O2/c1-2-3-8-21-12-9-11(10-12)15(20)19-16-17-13-6-4-5-7-14(13)18-16/h4-7,11-12H,2-3,8-10H2,1H3,(H2,17,18,19,20). The van der Waals surface area contributed by atoms with Gasteiger partial charge in [0, 0.05) is 12.5 Å². The van der Waals surface area contributed by atoms with Crippen LogP contribution in [0.4, 0.5) is 5.95 Å². The number of unbranched alkanes of at least 4 members (excludes halogenated alkanes) is 1. The third kappa shape index (κ3) is 3.24. The number of hydrogen-bond donors (Lipinski definition) is 2. The molecule has 0 saturated heterocycles. The third-order valence-electron chi connectivity index (χ3n) is 3.95. The van der Waals surface area contributed by atoms with Gasteiger partial charge in [0.15, 0.2) is 0 Å². The number of amides is 1. The van der Waals surface area contributed by atoms with E-state index in [1.807, 2.05) is 24.3 Å². The van der Waals surface area contributed by atoms with Crippen LogP contribution in [0, 0.1) is 5.92 Å². The lowest BCUT2D eigenvalue weighted by atomic mass is 9.81. The molecule has 0 atom stereocenters.